The van der Waals surface area contributed by atoms with E-state index in [-0.39, 0.29) is 17.7 Å². The van der Waals surface area contributed by atoms with Crippen LogP contribution in [0.5, 0.6) is 11.5 Å². The zero-order chi connectivity index (χ0) is 20.0. The van der Waals surface area contributed by atoms with E-state index in [0.717, 1.165) is 5.56 Å². The van der Waals surface area contributed by atoms with Gasteiger partial charge in [-0.1, -0.05) is 6.07 Å². The van der Waals surface area contributed by atoms with E-state index in [0.29, 0.717) is 29.3 Å². The van der Waals surface area contributed by atoms with Gasteiger partial charge in [0.1, 0.15) is 0 Å². The van der Waals surface area contributed by atoms with Crippen LogP contribution in [0.3, 0.4) is 0 Å². The third kappa shape index (κ3) is 5.31. The number of benzene rings is 2. The molecule has 6 heteroatoms. The molecule has 0 spiro atoms. The third-order valence-corrected chi connectivity index (χ3v) is 4.41. The normalized spacial score (nSPS) is 11.8. The second kappa shape index (κ2) is 9.19. The molecule has 1 unspecified atom stereocenters. The number of ketones is 1. The number of hydrogen-bond donors (Lipinski definition) is 1. The van der Waals surface area contributed by atoms with Crippen molar-refractivity contribution in [1.29, 1.82) is 0 Å². The molecule has 0 heterocycles. The maximum Gasteiger partial charge on any atom is 0.221 e. The number of methoxy groups -OCH3 is 2. The molecule has 0 fully saturated rings. The molecule has 2 rings (SSSR count). The molecule has 0 bridgehead atoms. The van der Waals surface area contributed by atoms with Crippen LogP contribution < -0.4 is 14.8 Å². The lowest BCUT2D eigenvalue weighted by molar-refractivity contribution is -0.114. The summed E-state index contributed by atoms with van der Waals surface area (Å²) in [5, 5.41) is 2.69. The summed E-state index contributed by atoms with van der Waals surface area (Å²) in [6.07, 6.45) is 0. The maximum atomic E-state index is 12.8. The number of carbonyl (C=O) groups excluding carboxylic acids is 2. The number of carbonyl (C=O) groups is 2. The van der Waals surface area contributed by atoms with E-state index in [4.69, 9.17) is 9.47 Å². The number of amides is 1. The maximum absolute atomic E-state index is 12.8. The molecule has 1 N–H and O–H groups in total. The number of rotatable bonds is 8. The lowest BCUT2D eigenvalue weighted by atomic mass is 10.0. The highest BCUT2D eigenvalue weighted by atomic mass is 16.5. The molecule has 0 saturated heterocycles. The molecule has 2 aromatic rings. The smallest absolute Gasteiger partial charge is 0.221 e. The van der Waals surface area contributed by atoms with E-state index in [1.54, 1.807) is 38.5 Å². The van der Waals surface area contributed by atoms with Crippen molar-refractivity contribution < 1.29 is 19.1 Å². The molecule has 0 radical (unpaired) electrons. The van der Waals surface area contributed by atoms with Gasteiger partial charge in [-0.3, -0.25) is 14.5 Å². The van der Waals surface area contributed by atoms with Crippen molar-refractivity contribution in [2.45, 2.75) is 26.4 Å². The van der Waals surface area contributed by atoms with Crippen LogP contribution in [0.1, 0.15) is 29.8 Å². The van der Waals surface area contributed by atoms with Gasteiger partial charge in [0.05, 0.1) is 20.3 Å². The first-order chi connectivity index (χ1) is 12.8. The number of Topliss-reactive ketones (excluding diaryl/α,β-unsaturated/α-hetero) is 1. The van der Waals surface area contributed by atoms with Gasteiger partial charge in [0.25, 0.3) is 0 Å². The van der Waals surface area contributed by atoms with E-state index < -0.39 is 0 Å². The summed E-state index contributed by atoms with van der Waals surface area (Å²) in [6.45, 7) is 3.92. The van der Waals surface area contributed by atoms with Crippen LogP contribution in [-0.2, 0) is 11.3 Å². The lowest BCUT2D eigenvalue weighted by Crippen LogP contribution is -2.35. The molecular formula is C21H26N2O4. The number of likely N-dealkylation sites (N-methyl/N-ethyl adjacent to an activating group) is 1. The van der Waals surface area contributed by atoms with Gasteiger partial charge >= 0.3 is 0 Å². The SMILES string of the molecule is COc1ccc(CN(C)C(C)C(=O)c2ccc(NC(C)=O)cc2)cc1OC. The summed E-state index contributed by atoms with van der Waals surface area (Å²) < 4.78 is 10.6. The lowest BCUT2D eigenvalue weighted by Gasteiger charge is -2.24. The quantitative estimate of drug-likeness (QED) is 0.722. The topological polar surface area (TPSA) is 67.9 Å². The van der Waals surface area contributed by atoms with Gasteiger partial charge in [-0.15, -0.1) is 0 Å². The van der Waals surface area contributed by atoms with Crippen LogP contribution in [0.25, 0.3) is 0 Å². The minimum atomic E-state index is -0.301. The van der Waals surface area contributed by atoms with E-state index in [1.165, 1.54) is 6.92 Å². The van der Waals surface area contributed by atoms with Crippen molar-refractivity contribution in [2.24, 2.45) is 0 Å². The van der Waals surface area contributed by atoms with E-state index in [1.807, 2.05) is 37.1 Å². The average molecular weight is 370 g/mol. The Balaban J connectivity index is 2.06. The van der Waals surface area contributed by atoms with Crippen molar-refractivity contribution in [3.8, 4) is 11.5 Å². The van der Waals surface area contributed by atoms with E-state index >= 15 is 0 Å². The number of hydrogen-bond acceptors (Lipinski definition) is 5. The Morgan fingerprint density at radius 2 is 1.67 bits per heavy atom. The van der Waals surface area contributed by atoms with Crippen molar-refractivity contribution in [1.82, 2.24) is 4.90 Å². The fraction of sp³-hybridized carbons (Fsp3) is 0.333. The first-order valence-electron chi connectivity index (χ1n) is 8.68. The highest BCUT2D eigenvalue weighted by molar-refractivity contribution is 6.00. The first-order valence-corrected chi connectivity index (χ1v) is 8.68. The number of ether oxygens (including phenoxy) is 2. The molecule has 0 saturated carbocycles. The number of nitrogens with zero attached hydrogens (tertiary/aromatic N) is 1. The Bertz CT molecular complexity index is 802. The number of anilines is 1. The minimum absolute atomic E-state index is 0.0207. The van der Waals surface area contributed by atoms with Crippen LogP contribution >= 0.6 is 0 Å². The van der Waals surface area contributed by atoms with Crippen LogP contribution in [-0.4, -0.2) is 43.9 Å². The highest BCUT2D eigenvalue weighted by Gasteiger charge is 2.20. The summed E-state index contributed by atoms with van der Waals surface area (Å²) in [4.78, 5) is 25.8. The molecule has 1 amide bonds. The predicted octanol–water partition coefficient (Wildman–Crippen LogP) is 3.37. The Morgan fingerprint density at radius 3 is 2.22 bits per heavy atom. The fourth-order valence-corrected chi connectivity index (χ4v) is 2.77. The summed E-state index contributed by atoms with van der Waals surface area (Å²) in [5.74, 6) is 1.22. The molecule has 144 valence electrons. The summed E-state index contributed by atoms with van der Waals surface area (Å²) in [6, 6.07) is 12.3. The van der Waals surface area contributed by atoms with Gasteiger partial charge in [-0.05, 0) is 55.9 Å². The molecule has 27 heavy (non-hydrogen) atoms. The van der Waals surface area contributed by atoms with Crippen LogP contribution in [0.2, 0.25) is 0 Å². The Labute approximate surface area is 160 Å². The molecule has 1 atom stereocenters. The molecule has 0 aliphatic heterocycles. The summed E-state index contributed by atoms with van der Waals surface area (Å²) >= 11 is 0. The Kier molecular flexibility index (Phi) is 6.96. The van der Waals surface area contributed by atoms with Gasteiger partial charge in [0, 0.05) is 24.7 Å². The summed E-state index contributed by atoms with van der Waals surface area (Å²) in [7, 11) is 5.11. The standard InChI is InChI=1S/C21H26N2O4/c1-14(21(25)17-7-9-18(10-8-17)22-15(2)24)23(3)13-16-6-11-19(26-4)20(12-16)27-5/h6-12,14H,13H2,1-5H3,(H,22,24). The van der Waals surface area contributed by atoms with Gasteiger partial charge in [0.15, 0.2) is 17.3 Å². The zero-order valence-electron chi connectivity index (χ0n) is 16.4. The Hall–Kier alpha value is -2.86. The van der Waals surface area contributed by atoms with E-state index in [9.17, 15) is 9.59 Å². The van der Waals surface area contributed by atoms with Gasteiger partial charge < -0.3 is 14.8 Å². The second-order valence-corrected chi connectivity index (χ2v) is 6.40. The largest absolute Gasteiger partial charge is 0.493 e. The minimum Gasteiger partial charge on any atom is -0.493 e. The molecule has 0 aliphatic rings. The van der Waals surface area contributed by atoms with Gasteiger partial charge in [-0.25, -0.2) is 0 Å². The van der Waals surface area contributed by atoms with Crippen LogP contribution in [0, 0.1) is 0 Å². The zero-order valence-corrected chi connectivity index (χ0v) is 16.4. The average Bonchev–Trinajstić information content (AvgIpc) is 2.66. The van der Waals surface area contributed by atoms with Crippen molar-refractivity contribution in [3.05, 3.63) is 53.6 Å². The second-order valence-electron chi connectivity index (χ2n) is 6.40. The molecule has 0 aliphatic carbocycles. The van der Waals surface area contributed by atoms with Crippen LogP contribution in [0.15, 0.2) is 42.5 Å². The molecule has 0 aromatic heterocycles. The highest BCUT2D eigenvalue weighted by Crippen LogP contribution is 2.28. The molecule has 6 nitrogen and oxygen atoms in total. The van der Waals surface area contributed by atoms with Crippen LogP contribution in [0.4, 0.5) is 5.69 Å². The first kappa shape index (κ1) is 20.5. The van der Waals surface area contributed by atoms with Gasteiger partial charge in [-0.2, -0.15) is 0 Å². The fourth-order valence-electron chi connectivity index (χ4n) is 2.77. The van der Waals surface area contributed by atoms with E-state index in [2.05, 4.69) is 5.32 Å². The van der Waals surface area contributed by atoms with Crippen molar-refractivity contribution in [3.63, 3.8) is 0 Å². The predicted molar refractivity (Wildman–Crippen MR) is 106 cm³/mol. The summed E-state index contributed by atoms with van der Waals surface area (Å²) in [5.41, 5.74) is 2.30. The van der Waals surface area contributed by atoms with Crippen molar-refractivity contribution >= 4 is 17.4 Å². The Morgan fingerprint density at radius 1 is 1.04 bits per heavy atom. The molecular weight excluding hydrogens is 344 g/mol. The molecule has 2 aromatic carbocycles. The van der Waals surface area contributed by atoms with Crippen molar-refractivity contribution in [2.75, 3.05) is 26.6 Å². The monoisotopic (exact) mass is 370 g/mol. The third-order valence-electron chi connectivity index (χ3n) is 4.41. The van der Waals surface area contributed by atoms with Gasteiger partial charge in [0.2, 0.25) is 5.91 Å². The number of nitrogens with one attached hydrogen (secondary N) is 1.